The van der Waals surface area contributed by atoms with Crippen molar-refractivity contribution in [1.82, 2.24) is 14.7 Å². The van der Waals surface area contributed by atoms with E-state index in [0.29, 0.717) is 17.6 Å². The van der Waals surface area contributed by atoms with E-state index in [1.165, 1.54) is 16.0 Å². The molecule has 8 heteroatoms. The monoisotopic (exact) mass is 396 g/mol. The van der Waals surface area contributed by atoms with Crippen molar-refractivity contribution in [3.8, 4) is 0 Å². The summed E-state index contributed by atoms with van der Waals surface area (Å²) < 4.78 is 1.82. The standard InChI is InChI=1S/C15H17BrN4O2S/c1-18-15(22)13(16)11(10-17-18)19-5-3-6-20(8-7-19)14(21)12-4-2-9-23-12/h2,4,9-10H,3,5-8H2,1H3. The van der Waals surface area contributed by atoms with E-state index in [9.17, 15) is 9.59 Å². The fraction of sp³-hybridized carbons (Fsp3) is 0.400. The molecule has 1 aliphatic heterocycles. The minimum Gasteiger partial charge on any atom is -0.367 e. The summed E-state index contributed by atoms with van der Waals surface area (Å²) in [6.07, 6.45) is 2.56. The molecule has 3 heterocycles. The summed E-state index contributed by atoms with van der Waals surface area (Å²) in [5.41, 5.74) is 0.636. The second-order valence-corrected chi connectivity index (χ2v) is 7.12. The van der Waals surface area contributed by atoms with Crippen molar-refractivity contribution in [1.29, 1.82) is 0 Å². The molecule has 0 unspecified atom stereocenters. The van der Waals surface area contributed by atoms with Crippen LogP contribution in [0.5, 0.6) is 0 Å². The number of aryl methyl sites for hydroxylation is 1. The van der Waals surface area contributed by atoms with Gasteiger partial charge >= 0.3 is 0 Å². The number of nitrogens with zero attached hydrogens (tertiary/aromatic N) is 4. The van der Waals surface area contributed by atoms with Crippen molar-refractivity contribution < 1.29 is 4.79 Å². The molecule has 1 amide bonds. The van der Waals surface area contributed by atoms with Gasteiger partial charge in [-0.1, -0.05) is 6.07 Å². The van der Waals surface area contributed by atoms with Crippen molar-refractivity contribution >= 4 is 38.9 Å². The average Bonchev–Trinajstić information content (AvgIpc) is 2.98. The molecular formula is C15H17BrN4O2S. The van der Waals surface area contributed by atoms with Crippen LogP contribution in [0.1, 0.15) is 16.1 Å². The number of anilines is 1. The third-order valence-electron chi connectivity index (χ3n) is 3.92. The summed E-state index contributed by atoms with van der Waals surface area (Å²) in [5.74, 6) is 0.0861. The lowest BCUT2D eigenvalue weighted by Gasteiger charge is -2.24. The third kappa shape index (κ3) is 3.32. The first-order chi connectivity index (χ1) is 11.1. The van der Waals surface area contributed by atoms with Crippen molar-refractivity contribution in [2.75, 3.05) is 31.1 Å². The highest BCUT2D eigenvalue weighted by Gasteiger charge is 2.22. The Balaban J connectivity index is 1.75. The smallest absolute Gasteiger partial charge is 0.282 e. The Morgan fingerprint density at radius 3 is 2.87 bits per heavy atom. The number of carbonyl (C=O) groups is 1. The number of carbonyl (C=O) groups excluding carboxylic acids is 1. The molecule has 122 valence electrons. The predicted molar refractivity (Wildman–Crippen MR) is 94.2 cm³/mol. The Kier molecular flexibility index (Phi) is 4.82. The zero-order chi connectivity index (χ0) is 16.4. The maximum atomic E-state index is 12.5. The fourth-order valence-electron chi connectivity index (χ4n) is 2.64. The minimum atomic E-state index is -0.154. The van der Waals surface area contributed by atoms with E-state index in [-0.39, 0.29) is 11.5 Å². The van der Waals surface area contributed by atoms with Crippen LogP contribution < -0.4 is 10.5 Å². The van der Waals surface area contributed by atoms with Crippen LogP contribution >= 0.6 is 27.3 Å². The molecule has 0 atom stereocenters. The van der Waals surface area contributed by atoms with Gasteiger partial charge in [0, 0.05) is 33.2 Å². The summed E-state index contributed by atoms with van der Waals surface area (Å²) in [6.45, 7) is 2.84. The van der Waals surface area contributed by atoms with Crippen molar-refractivity contribution in [3.63, 3.8) is 0 Å². The molecule has 0 spiro atoms. The van der Waals surface area contributed by atoms with Crippen LogP contribution in [0.4, 0.5) is 5.69 Å². The molecule has 0 bridgehead atoms. The topological polar surface area (TPSA) is 58.4 Å². The van der Waals surface area contributed by atoms with E-state index in [2.05, 4.69) is 25.9 Å². The van der Waals surface area contributed by atoms with Crippen LogP contribution in [0.2, 0.25) is 0 Å². The van der Waals surface area contributed by atoms with E-state index in [0.717, 1.165) is 30.1 Å². The first-order valence-electron chi connectivity index (χ1n) is 7.37. The molecule has 0 aromatic carbocycles. The summed E-state index contributed by atoms with van der Waals surface area (Å²) in [6, 6.07) is 3.75. The molecule has 1 fully saturated rings. The molecule has 0 N–H and O–H groups in total. The zero-order valence-electron chi connectivity index (χ0n) is 12.7. The number of amides is 1. The van der Waals surface area contributed by atoms with E-state index in [4.69, 9.17) is 0 Å². The summed E-state index contributed by atoms with van der Waals surface area (Å²) in [5, 5.41) is 6.01. The number of hydrogen-bond donors (Lipinski definition) is 0. The SMILES string of the molecule is Cn1ncc(N2CCCN(C(=O)c3cccs3)CC2)c(Br)c1=O. The van der Waals surface area contributed by atoms with Gasteiger partial charge < -0.3 is 9.80 Å². The van der Waals surface area contributed by atoms with Crippen LogP contribution in [0.15, 0.2) is 33.0 Å². The number of rotatable bonds is 2. The quantitative estimate of drug-likeness (QED) is 0.778. The van der Waals surface area contributed by atoms with Gasteiger partial charge in [0.1, 0.15) is 4.47 Å². The second kappa shape index (κ2) is 6.84. The maximum absolute atomic E-state index is 12.5. The second-order valence-electron chi connectivity index (χ2n) is 5.38. The summed E-state index contributed by atoms with van der Waals surface area (Å²) >= 11 is 4.84. The minimum absolute atomic E-state index is 0.0861. The van der Waals surface area contributed by atoms with E-state index in [1.807, 2.05) is 22.4 Å². The summed E-state index contributed by atoms with van der Waals surface area (Å²) in [4.78, 5) is 29.2. The van der Waals surface area contributed by atoms with Gasteiger partial charge in [-0.15, -0.1) is 11.3 Å². The van der Waals surface area contributed by atoms with E-state index >= 15 is 0 Å². The van der Waals surface area contributed by atoms with Crippen LogP contribution in [0, 0.1) is 0 Å². The van der Waals surface area contributed by atoms with Crippen LogP contribution in [0.3, 0.4) is 0 Å². The van der Waals surface area contributed by atoms with Gasteiger partial charge in [0.25, 0.3) is 11.5 Å². The first kappa shape index (κ1) is 16.2. The highest BCUT2D eigenvalue weighted by atomic mass is 79.9. The Morgan fingerprint density at radius 2 is 2.13 bits per heavy atom. The number of thiophene rings is 1. The lowest BCUT2D eigenvalue weighted by molar-refractivity contribution is 0.0772. The largest absolute Gasteiger partial charge is 0.367 e. The summed E-state index contributed by atoms with van der Waals surface area (Å²) in [7, 11) is 1.63. The molecule has 1 aliphatic rings. The third-order valence-corrected chi connectivity index (χ3v) is 5.52. The molecule has 0 saturated carbocycles. The van der Waals surface area contributed by atoms with Crippen LogP contribution in [-0.2, 0) is 7.05 Å². The fourth-order valence-corrected chi connectivity index (χ4v) is 3.94. The molecule has 6 nitrogen and oxygen atoms in total. The van der Waals surface area contributed by atoms with Crippen LogP contribution in [0.25, 0.3) is 0 Å². The normalized spacial score (nSPS) is 15.6. The molecule has 3 rings (SSSR count). The molecule has 0 aliphatic carbocycles. The van der Waals surface area contributed by atoms with Crippen molar-refractivity contribution in [2.24, 2.45) is 7.05 Å². The lowest BCUT2D eigenvalue weighted by Crippen LogP contribution is -2.35. The first-order valence-corrected chi connectivity index (χ1v) is 9.04. The molecule has 2 aromatic heterocycles. The van der Waals surface area contributed by atoms with Gasteiger partial charge in [0.2, 0.25) is 0 Å². The van der Waals surface area contributed by atoms with Crippen LogP contribution in [-0.4, -0.2) is 46.8 Å². The zero-order valence-corrected chi connectivity index (χ0v) is 15.1. The van der Waals surface area contributed by atoms with E-state index < -0.39 is 0 Å². The maximum Gasteiger partial charge on any atom is 0.282 e. The molecule has 23 heavy (non-hydrogen) atoms. The Labute approximate surface area is 146 Å². The number of aromatic nitrogens is 2. The van der Waals surface area contributed by atoms with Gasteiger partial charge in [-0.25, -0.2) is 4.68 Å². The average molecular weight is 397 g/mol. The van der Waals surface area contributed by atoms with Crippen molar-refractivity contribution in [2.45, 2.75) is 6.42 Å². The number of hydrogen-bond acceptors (Lipinski definition) is 5. The van der Waals surface area contributed by atoms with Gasteiger partial charge in [-0.3, -0.25) is 9.59 Å². The molecule has 0 radical (unpaired) electrons. The lowest BCUT2D eigenvalue weighted by atomic mass is 10.3. The Morgan fingerprint density at radius 1 is 1.30 bits per heavy atom. The number of halogens is 1. The Hall–Kier alpha value is -1.67. The Bertz CT molecular complexity index is 759. The van der Waals surface area contributed by atoms with Crippen molar-refractivity contribution in [3.05, 3.63) is 43.4 Å². The molecule has 1 saturated heterocycles. The van der Waals surface area contributed by atoms with Gasteiger partial charge in [0.05, 0.1) is 16.8 Å². The highest BCUT2D eigenvalue weighted by molar-refractivity contribution is 9.10. The molecule has 2 aromatic rings. The molecular weight excluding hydrogens is 380 g/mol. The van der Waals surface area contributed by atoms with E-state index in [1.54, 1.807) is 13.2 Å². The predicted octanol–water partition coefficient (Wildman–Crippen LogP) is 1.96. The van der Waals surface area contributed by atoms with Gasteiger partial charge in [-0.2, -0.15) is 5.10 Å². The van der Waals surface area contributed by atoms with Gasteiger partial charge in [0.15, 0.2) is 0 Å². The highest BCUT2D eigenvalue weighted by Crippen LogP contribution is 2.23. The van der Waals surface area contributed by atoms with Gasteiger partial charge in [-0.05, 0) is 33.8 Å².